The van der Waals surface area contributed by atoms with Gasteiger partial charge in [0.25, 0.3) is 5.91 Å². The minimum absolute atomic E-state index is 0.0279. The van der Waals surface area contributed by atoms with E-state index in [2.05, 4.69) is 11.9 Å². The zero-order valence-electron chi connectivity index (χ0n) is 10.5. The predicted octanol–water partition coefficient (Wildman–Crippen LogP) is 2.23. The van der Waals surface area contributed by atoms with Crippen LogP contribution in [0.3, 0.4) is 0 Å². The lowest BCUT2D eigenvalue weighted by Gasteiger charge is -2.09. The highest BCUT2D eigenvalue weighted by molar-refractivity contribution is 5.96. The SMILES string of the molecule is C=CCC(C)NC(=O)c1cc(C(=O)O)c(CC)o1. The van der Waals surface area contributed by atoms with E-state index in [9.17, 15) is 9.59 Å². The second-order valence-corrected chi connectivity index (χ2v) is 4.01. The molecule has 0 spiro atoms. The molecule has 0 aliphatic rings. The van der Waals surface area contributed by atoms with Crippen LogP contribution < -0.4 is 5.32 Å². The minimum Gasteiger partial charge on any atom is -0.478 e. The van der Waals surface area contributed by atoms with Crippen molar-refractivity contribution in [2.24, 2.45) is 0 Å². The summed E-state index contributed by atoms with van der Waals surface area (Å²) >= 11 is 0. The smallest absolute Gasteiger partial charge is 0.339 e. The maximum absolute atomic E-state index is 11.8. The lowest BCUT2D eigenvalue weighted by atomic mass is 10.2. The van der Waals surface area contributed by atoms with Gasteiger partial charge in [-0.3, -0.25) is 4.79 Å². The number of rotatable bonds is 6. The molecule has 1 aromatic heterocycles. The van der Waals surface area contributed by atoms with Gasteiger partial charge in [-0.1, -0.05) is 13.0 Å². The van der Waals surface area contributed by atoms with Crippen LogP contribution in [0.4, 0.5) is 0 Å². The van der Waals surface area contributed by atoms with E-state index < -0.39 is 11.9 Å². The fourth-order valence-electron chi connectivity index (χ4n) is 1.59. The Labute approximate surface area is 105 Å². The Morgan fingerprint density at radius 2 is 2.28 bits per heavy atom. The standard InChI is InChI=1S/C13H17NO4/c1-4-6-8(3)14-12(15)11-7-9(13(16)17)10(5-2)18-11/h4,7-8H,1,5-6H2,2-3H3,(H,14,15)(H,16,17). The van der Waals surface area contributed by atoms with Crippen molar-refractivity contribution >= 4 is 11.9 Å². The summed E-state index contributed by atoms with van der Waals surface area (Å²) in [6.07, 6.45) is 2.77. The second-order valence-electron chi connectivity index (χ2n) is 4.01. The van der Waals surface area contributed by atoms with Crippen LogP contribution in [0.25, 0.3) is 0 Å². The molecular weight excluding hydrogens is 234 g/mol. The molecule has 1 atom stereocenters. The van der Waals surface area contributed by atoms with Gasteiger partial charge >= 0.3 is 5.97 Å². The summed E-state index contributed by atoms with van der Waals surface area (Å²) < 4.78 is 5.25. The summed E-state index contributed by atoms with van der Waals surface area (Å²) in [5.41, 5.74) is 0.0408. The van der Waals surface area contributed by atoms with Gasteiger partial charge in [-0.25, -0.2) is 4.79 Å². The molecule has 18 heavy (non-hydrogen) atoms. The molecule has 0 fully saturated rings. The molecule has 1 unspecified atom stereocenters. The van der Waals surface area contributed by atoms with E-state index in [1.165, 1.54) is 6.07 Å². The topological polar surface area (TPSA) is 79.5 Å². The van der Waals surface area contributed by atoms with Gasteiger partial charge in [-0.05, 0) is 13.3 Å². The van der Waals surface area contributed by atoms with Crippen molar-refractivity contribution < 1.29 is 19.1 Å². The molecule has 0 aliphatic carbocycles. The molecule has 0 aliphatic heterocycles. The van der Waals surface area contributed by atoms with E-state index in [1.54, 1.807) is 13.0 Å². The van der Waals surface area contributed by atoms with Crippen molar-refractivity contribution in [1.29, 1.82) is 0 Å². The number of furan rings is 1. The average Bonchev–Trinajstić information content (AvgIpc) is 2.73. The number of nitrogens with one attached hydrogen (secondary N) is 1. The third-order valence-electron chi connectivity index (χ3n) is 2.48. The molecule has 1 aromatic rings. The summed E-state index contributed by atoms with van der Waals surface area (Å²) in [6, 6.07) is 1.19. The fraction of sp³-hybridized carbons (Fsp3) is 0.385. The van der Waals surface area contributed by atoms with Crippen LogP contribution in [0.2, 0.25) is 0 Å². The molecule has 0 saturated carbocycles. The Balaban J connectivity index is 2.86. The molecule has 1 amide bonds. The van der Waals surface area contributed by atoms with Gasteiger partial charge in [0.15, 0.2) is 5.76 Å². The first kappa shape index (κ1) is 14.0. The third kappa shape index (κ3) is 3.23. The Bertz CT molecular complexity index is 462. The second kappa shape index (κ2) is 6.05. The average molecular weight is 251 g/mol. The summed E-state index contributed by atoms with van der Waals surface area (Å²) in [5, 5.41) is 11.7. The van der Waals surface area contributed by atoms with Gasteiger partial charge < -0.3 is 14.8 Å². The largest absolute Gasteiger partial charge is 0.478 e. The molecule has 5 heteroatoms. The van der Waals surface area contributed by atoms with Crippen LogP contribution >= 0.6 is 0 Å². The Morgan fingerprint density at radius 1 is 1.61 bits per heavy atom. The van der Waals surface area contributed by atoms with Gasteiger partial charge in [-0.2, -0.15) is 0 Å². The number of carboxylic acid groups (broad SMARTS) is 1. The van der Waals surface area contributed by atoms with Crippen molar-refractivity contribution in [3.63, 3.8) is 0 Å². The molecule has 98 valence electrons. The molecule has 5 nitrogen and oxygen atoms in total. The van der Waals surface area contributed by atoms with Gasteiger partial charge in [0, 0.05) is 18.5 Å². The van der Waals surface area contributed by atoms with Crippen LogP contribution in [0.15, 0.2) is 23.1 Å². The third-order valence-corrected chi connectivity index (χ3v) is 2.48. The number of aryl methyl sites for hydroxylation is 1. The first-order valence-corrected chi connectivity index (χ1v) is 5.77. The van der Waals surface area contributed by atoms with E-state index in [4.69, 9.17) is 9.52 Å². The van der Waals surface area contributed by atoms with Crippen LogP contribution in [0, 0.1) is 0 Å². The quantitative estimate of drug-likeness (QED) is 0.760. The van der Waals surface area contributed by atoms with Crippen LogP contribution in [0.5, 0.6) is 0 Å². The lowest BCUT2D eigenvalue weighted by Crippen LogP contribution is -2.31. The van der Waals surface area contributed by atoms with E-state index in [0.29, 0.717) is 18.6 Å². The number of amides is 1. The Hall–Kier alpha value is -2.04. The number of carbonyl (C=O) groups excluding carboxylic acids is 1. The highest BCUT2D eigenvalue weighted by atomic mass is 16.4. The number of aromatic carboxylic acids is 1. The zero-order valence-corrected chi connectivity index (χ0v) is 10.5. The zero-order chi connectivity index (χ0) is 13.7. The first-order valence-electron chi connectivity index (χ1n) is 5.77. The van der Waals surface area contributed by atoms with Crippen molar-refractivity contribution in [1.82, 2.24) is 5.32 Å². The minimum atomic E-state index is -1.09. The molecule has 0 bridgehead atoms. The number of carboxylic acids is 1. The van der Waals surface area contributed by atoms with Crippen LogP contribution in [-0.4, -0.2) is 23.0 Å². The summed E-state index contributed by atoms with van der Waals surface area (Å²) in [5.74, 6) is -1.16. The number of carbonyl (C=O) groups is 2. The van der Waals surface area contributed by atoms with Gasteiger partial charge in [0.2, 0.25) is 0 Å². The van der Waals surface area contributed by atoms with Crippen LogP contribution in [0.1, 0.15) is 46.9 Å². The van der Waals surface area contributed by atoms with Crippen molar-refractivity contribution in [3.8, 4) is 0 Å². The van der Waals surface area contributed by atoms with Gasteiger partial charge in [0.05, 0.1) is 0 Å². The summed E-state index contributed by atoms with van der Waals surface area (Å²) in [6.45, 7) is 7.19. The lowest BCUT2D eigenvalue weighted by molar-refractivity contribution is 0.0694. The van der Waals surface area contributed by atoms with Crippen LogP contribution in [-0.2, 0) is 6.42 Å². The fourth-order valence-corrected chi connectivity index (χ4v) is 1.59. The number of hydrogen-bond donors (Lipinski definition) is 2. The van der Waals surface area contributed by atoms with E-state index >= 15 is 0 Å². The summed E-state index contributed by atoms with van der Waals surface area (Å²) in [7, 11) is 0. The predicted molar refractivity (Wildman–Crippen MR) is 66.8 cm³/mol. The van der Waals surface area contributed by atoms with E-state index in [-0.39, 0.29) is 17.4 Å². The van der Waals surface area contributed by atoms with E-state index in [0.717, 1.165) is 0 Å². The highest BCUT2D eigenvalue weighted by Crippen LogP contribution is 2.16. The highest BCUT2D eigenvalue weighted by Gasteiger charge is 2.20. The van der Waals surface area contributed by atoms with Gasteiger partial charge in [-0.15, -0.1) is 6.58 Å². The molecule has 0 saturated heterocycles. The molecule has 1 heterocycles. The number of hydrogen-bond acceptors (Lipinski definition) is 3. The maximum atomic E-state index is 11.8. The monoisotopic (exact) mass is 251 g/mol. The van der Waals surface area contributed by atoms with E-state index in [1.807, 2.05) is 6.92 Å². The van der Waals surface area contributed by atoms with Gasteiger partial charge in [0.1, 0.15) is 11.3 Å². The Morgan fingerprint density at radius 3 is 2.72 bits per heavy atom. The molecule has 1 rings (SSSR count). The molecule has 0 radical (unpaired) electrons. The van der Waals surface area contributed by atoms with Crippen molar-refractivity contribution in [2.45, 2.75) is 32.7 Å². The normalized spacial score (nSPS) is 11.9. The van der Waals surface area contributed by atoms with Crippen molar-refractivity contribution in [2.75, 3.05) is 0 Å². The summed E-state index contributed by atoms with van der Waals surface area (Å²) in [4.78, 5) is 22.7. The Kier molecular flexibility index (Phi) is 4.71. The maximum Gasteiger partial charge on any atom is 0.339 e. The molecular formula is C13H17NO4. The molecule has 0 aromatic carbocycles. The molecule has 2 N–H and O–H groups in total. The first-order chi connectivity index (χ1) is 8.49. The van der Waals surface area contributed by atoms with Crippen molar-refractivity contribution in [3.05, 3.63) is 35.8 Å².